The molecule has 2 aromatic rings. The highest BCUT2D eigenvalue weighted by Crippen LogP contribution is 2.12. The highest BCUT2D eigenvalue weighted by Gasteiger charge is 2.09. The molecule has 5 heteroatoms. The number of carbonyl (C=O) groups excluding carboxylic acids is 1. The summed E-state index contributed by atoms with van der Waals surface area (Å²) in [6, 6.07) is 6.73. The number of nitrogens with one attached hydrogen (secondary N) is 1. The zero-order valence-corrected chi connectivity index (χ0v) is 9.16. The van der Waals surface area contributed by atoms with Crippen molar-refractivity contribution in [1.29, 1.82) is 0 Å². The Labute approximate surface area is 97.2 Å². The number of carbonyl (C=O) groups is 1. The second-order valence-electron chi connectivity index (χ2n) is 3.19. The summed E-state index contributed by atoms with van der Waals surface area (Å²) >= 11 is 5.56. The fraction of sp³-hybridized carbons (Fsp3) is 0.182. The molecule has 0 fully saturated rings. The summed E-state index contributed by atoms with van der Waals surface area (Å²) in [5.74, 6) is 0.765. The Morgan fingerprint density at radius 2 is 2.25 bits per heavy atom. The monoisotopic (exact) mass is 239 g/mol. The lowest BCUT2D eigenvalue weighted by Crippen LogP contribution is -2.25. The topological polar surface area (TPSA) is 55.4 Å². The summed E-state index contributed by atoms with van der Waals surface area (Å²) < 4.78 is 10.1. The van der Waals surface area contributed by atoms with Gasteiger partial charge in [0, 0.05) is 13.0 Å². The van der Waals surface area contributed by atoms with Crippen LogP contribution in [0.3, 0.4) is 0 Å². The molecule has 0 aliphatic carbocycles. The molecule has 0 saturated carbocycles. The zero-order valence-electron chi connectivity index (χ0n) is 8.40. The van der Waals surface area contributed by atoms with Gasteiger partial charge in [-0.3, -0.25) is 4.79 Å². The minimum Gasteiger partial charge on any atom is -0.469 e. The lowest BCUT2D eigenvalue weighted by atomic mass is 10.3. The summed E-state index contributed by atoms with van der Waals surface area (Å²) in [4.78, 5) is 11.5. The Bertz CT molecular complexity index is 461. The van der Waals surface area contributed by atoms with Crippen LogP contribution in [0, 0.1) is 0 Å². The van der Waals surface area contributed by atoms with E-state index in [9.17, 15) is 4.79 Å². The Morgan fingerprint density at radius 1 is 1.38 bits per heavy atom. The number of hydrogen-bond acceptors (Lipinski definition) is 3. The largest absolute Gasteiger partial charge is 0.469 e. The van der Waals surface area contributed by atoms with Gasteiger partial charge in [-0.1, -0.05) is 0 Å². The van der Waals surface area contributed by atoms with E-state index in [2.05, 4.69) is 5.32 Å². The van der Waals surface area contributed by atoms with E-state index in [4.69, 9.17) is 20.4 Å². The van der Waals surface area contributed by atoms with Crippen molar-refractivity contribution in [1.82, 2.24) is 5.32 Å². The lowest BCUT2D eigenvalue weighted by Gasteiger charge is -2.00. The number of halogens is 1. The third kappa shape index (κ3) is 2.67. The highest BCUT2D eigenvalue weighted by atomic mass is 35.5. The van der Waals surface area contributed by atoms with E-state index >= 15 is 0 Å². The van der Waals surface area contributed by atoms with Crippen molar-refractivity contribution < 1.29 is 13.6 Å². The predicted octanol–water partition coefficient (Wildman–Crippen LogP) is 2.50. The Balaban J connectivity index is 1.80. The van der Waals surface area contributed by atoms with E-state index in [-0.39, 0.29) is 16.9 Å². The summed E-state index contributed by atoms with van der Waals surface area (Å²) in [6.07, 6.45) is 2.25. The first kappa shape index (κ1) is 10.8. The summed E-state index contributed by atoms with van der Waals surface area (Å²) in [5, 5.41) is 2.90. The predicted molar refractivity (Wildman–Crippen MR) is 58.5 cm³/mol. The summed E-state index contributed by atoms with van der Waals surface area (Å²) in [6.45, 7) is 0.491. The van der Waals surface area contributed by atoms with E-state index in [1.54, 1.807) is 6.26 Å². The normalized spacial score (nSPS) is 10.3. The standard InChI is InChI=1S/C11H10ClNO3/c12-10-4-3-9(16-10)11(14)13-6-5-8-2-1-7-15-8/h1-4,7H,5-6H2,(H,13,14). The third-order valence-electron chi connectivity index (χ3n) is 2.03. The van der Waals surface area contributed by atoms with Crippen molar-refractivity contribution in [3.63, 3.8) is 0 Å². The molecule has 84 valence electrons. The molecule has 0 unspecified atom stereocenters. The van der Waals surface area contributed by atoms with Crippen LogP contribution in [0.1, 0.15) is 16.3 Å². The average molecular weight is 240 g/mol. The quantitative estimate of drug-likeness (QED) is 0.892. The maximum absolute atomic E-state index is 11.5. The second-order valence-corrected chi connectivity index (χ2v) is 3.56. The van der Waals surface area contributed by atoms with Crippen LogP contribution in [0.4, 0.5) is 0 Å². The molecule has 0 atom stereocenters. The molecule has 0 bridgehead atoms. The first-order valence-corrected chi connectivity index (χ1v) is 5.19. The van der Waals surface area contributed by atoms with Crippen LogP contribution in [0.25, 0.3) is 0 Å². The molecule has 1 amide bonds. The summed E-state index contributed by atoms with van der Waals surface area (Å²) in [7, 11) is 0. The van der Waals surface area contributed by atoms with E-state index < -0.39 is 0 Å². The van der Waals surface area contributed by atoms with Gasteiger partial charge in [0.25, 0.3) is 5.91 Å². The van der Waals surface area contributed by atoms with E-state index in [0.717, 1.165) is 5.76 Å². The van der Waals surface area contributed by atoms with Gasteiger partial charge in [0.15, 0.2) is 11.0 Å². The van der Waals surface area contributed by atoms with E-state index in [1.807, 2.05) is 12.1 Å². The summed E-state index contributed by atoms with van der Waals surface area (Å²) in [5.41, 5.74) is 0. The van der Waals surface area contributed by atoms with Crippen molar-refractivity contribution in [2.75, 3.05) is 6.54 Å². The van der Waals surface area contributed by atoms with Crippen LogP contribution < -0.4 is 5.32 Å². The zero-order chi connectivity index (χ0) is 11.4. The number of hydrogen-bond donors (Lipinski definition) is 1. The van der Waals surface area contributed by atoms with Gasteiger partial charge < -0.3 is 14.2 Å². The molecule has 0 spiro atoms. The molecule has 16 heavy (non-hydrogen) atoms. The Morgan fingerprint density at radius 3 is 2.88 bits per heavy atom. The Hall–Kier alpha value is -1.68. The average Bonchev–Trinajstić information content (AvgIpc) is 2.89. The van der Waals surface area contributed by atoms with Crippen LogP contribution in [0.5, 0.6) is 0 Å². The van der Waals surface area contributed by atoms with Gasteiger partial charge in [0.05, 0.1) is 6.26 Å². The highest BCUT2D eigenvalue weighted by molar-refractivity contribution is 6.29. The van der Waals surface area contributed by atoms with Crippen molar-refractivity contribution in [2.45, 2.75) is 6.42 Å². The molecular weight excluding hydrogens is 230 g/mol. The van der Waals surface area contributed by atoms with Crippen molar-refractivity contribution in [3.8, 4) is 0 Å². The molecule has 0 aliphatic heterocycles. The van der Waals surface area contributed by atoms with Gasteiger partial charge in [-0.25, -0.2) is 0 Å². The van der Waals surface area contributed by atoms with Crippen LogP contribution in [0.2, 0.25) is 5.22 Å². The van der Waals surface area contributed by atoms with Crippen LogP contribution in [-0.4, -0.2) is 12.5 Å². The molecule has 0 aromatic carbocycles. The van der Waals surface area contributed by atoms with Crippen molar-refractivity contribution in [2.24, 2.45) is 0 Å². The van der Waals surface area contributed by atoms with Crippen LogP contribution in [0.15, 0.2) is 39.4 Å². The lowest BCUT2D eigenvalue weighted by molar-refractivity contribution is 0.0926. The molecule has 1 N–H and O–H groups in total. The van der Waals surface area contributed by atoms with E-state index in [0.29, 0.717) is 13.0 Å². The van der Waals surface area contributed by atoms with Gasteiger partial charge in [0.2, 0.25) is 0 Å². The van der Waals surface area contributed by atoms with Crippen LogP contribution in [-0.2, 0) is 6.42 Å². The maximum atomic E-state index is 11.5. The number of amides is 1. The molecular formula is C11H10ClNO3. The van der Waals surface area contributed by atoms with Gasteiger partial charge in [-0.15, -0.1) is 0 Å². The molecule has 0 aliphatic rings. The van der Waals surface area contributed by atoms with Crippen molar-refractivity contribution in [3.05, 3.63) is 47.3 Å². The van der Waals surface area contributed by atoms with Gasteiger partial charge >= 0.3 is 0 Å². The molecule has 2 rings (SSSR count). The third-order valence-corrected chi connectivity index (χ3v) is 2.24. The fourth-order valence-corrected chi connectivity index (χ4v) is 1.42. The smallest absolute Gasteiger partial charge is 0.287 e. The van der Waals surface area contributed by atoms with Crippen molar-refractivity contribution >= 4 is 17.5 Å². The molecule has 2 aromatic heterocycles. The molecule has 0 saturated heterocycles. The maximum Gasteiger partial charge on any atom is 0.287 e. The molecule has 2 heterocycles. The SMILES string of the molecule is O=C(NCCc1ccco1)c1ccc(Cl)o1. The molecule has 4 nitrogen and oxygen atoms in total. The minimum absolute atomic E-state index is 0.205. The first-order valence-electron chi connectivity index (χ1n) is 4.81. The number of rotatable bonds is 4. The fourth-order valence-electron chi connectivity index (χ4n) is 1.28. The van der Waals surface area contributed by atoms with Crippen LogP contribution >= 0.6 is 11.6 Å². The Kier molecular flexibility index (Phi) is 3.31. The second kappa shape index (κ2) is 4.90. The van der Waals surface area contributed by atoms with Gasteiger partial charge in [-0.05, 0) is 35.9 Å². The molecule has 0 radical (unpaired) electrons. The first-order chi connectivity index (χ1) is 7.75. The van der Waals surface area contributed by atoms with Gasteiger partial charge in [0.1, 0.15) is 5.76 Å². The number of furan rings is 2. The van der Waals surface area contributed by atoms with Gasteiger partial charge in [-0.2, -0.15) is 0 Å². The minimum atomic E-state index is -0.279. The van der Waals surface area contributed by atoms with E-state index in [1.165, 1.54) is 12.1 Å².